The number of thiocarbonyl (C=S) groups is 1. The van der Waals surface area contributed by atoms with Crippen LogP contribution in [0.4, 0.5) is 5.82 Å². The maximum Gasteiger partial charge on any atom is 0.136 e. The summed E-state index contributed by atoms with van der Waals surface area (Å²) in [5.74, 6) is 0.780. The number of nitrogens with one attached hydrogen (secondary N) is 1. The van der Waals surface area contributed by atoms with Crippen molar-refractivity contribution in [3.05, 3.63) is 44.2 Å². The number of pyridine rings is 1. The molecule has 0 aliphatic heterocycles. The zero-order valence-corrected chi connectivity index (χ0v) is 13.2. The topological polar surface area (TPSA) is 50.9 Å². The van der Waals surface area contributed by atoms with Gasteiger partial charge in [0.25, 0.3) is 0 Å². The predicted octanol–water partition coefficient (Wildman–Crippen LogP) is 3.53. The van der Waals surface area contributed by atoms with Gasteiger partial charge in [0, 0.05) is 10.6 Å². The molecular formula is C14H14ClN3S2. The summed E-state index contributed by atoms with van der Waals surface area (Å²) in [4.78, 5) is 6.24. The third kappa shape index (κ3) is 2.80. The summed E-state index contributed by atoms with van der Waals surface area (Å²) in [5.41, 5.74) is 9.09. The highest BCUT2D eigenvalue weighted by Gasteiger charge is 2.17. The summed E-state index contributed by atoms with van der Waals surface area (Å²) in [6.07, 6.45) is 3.26. The average Bonchev–Trinajstić information content (AvgIpc) is 3.03. The quantitative estimate of drug-likeness (QED) is 0.845. The zero-order chi connectivity index (χ0) is 14.1. The van der Waals surface area contributed by atoms with E-state index in [1.54, 1.807) is 11.3 Å². The van der Waals surface area contributed by atoms with Gasteiger partial charge in [0.1, 0.15) is 10.8 Å². The fraction of sp³-hybridized carbons (Fsp3) is 0.286. The second-order valence-corrected chi connectivity index (χ2v) is 7.01. The van der Waals surface area contributed by atoms with Crippen LogP contribution in [0.1, 0.15) is 28.1 Å². The highest BCUT2D eigenvalue weighted by molar-refractivity contribution is 7.80. The minimum absolute atomic E-state index is 0.388. The van der Waals surface area contributed by atoms with Crippen LogP contribution in [0.5, 0.6) is 0 Å². The van der Waals surface area contributed by atoms with E-state index in [4.69, 9.17) is 29.6 Å². The van der Waals surface area contributed by atoms with Gasteiger partial charge in [0.05, 0.1) is 16.4 Å². The number of aromatic nitrogens is 1. The molecule has 1 aliphatic carbocycles. The van der Waals surface area contributed by atoms with E-state index in [0.717, 1.165) is 45.6 Å². The number of fused-ring (bicyclic) bond motifs is 1. The molecule has 2 aromatic rings. The van der Waals surface area contributed by atoms with Crippen LogP contribution in [-0.2, 0) is 19.4 Å². The van der Waals surface area contributed by atoms with E-state index in [1.165, 1.54) is 5.56 Å². The molecular weight excluding hydrogens is 310 g/mol. The summed E-state index contributed by atoms with van der Waals surface area (Å²) in [6, 6.07) is 5.99. The molecule has 3 nitrogen and oxygen atoms in total. The second-order valence-electron chi connectivity index (χ2n) is 4.77. The van der Waals surface area contributed by atoms with Gasteiger partial charge in [-0.15, -0.1) is 11.3 Å². The van der Waals surface area contributed by atoms with Gasteiger partial charge in [0.15, 0.2) is 0 Å². The molecule has 3 N–H and O–H groups in total. The van der Waals surface area contributed by atoms with Crippen molar-refractivity contribution in [2.24, 2.45) is 5.73 Å². The Hall–Kier alpha value is -1.17. The number of aryl methyl sites for hydroxylation is 2. The number of hydrogen-bond donors (Lipinski definition) is 2. The smallest absolute Gasteiger partial charge is 0.136 e. The molecule has 0 unspecified atom stereocenters. The lowest BCUT2D eigenvalue weighted by Gasteiger charge is -2.12. The van der Waals surface area contributed by atoms with Crippen LogP contribution in [0.25, 0.3) is 0 Å². The van der Waals surface area contributed by atoms with Crippen LogP contribution in [0.15, 0.2) is 18.2 Å². The summed E-state index contributed by atoms with van der Waals surface area (Å²) in [5, 5.41) is 3.33. The van der Waals surface area contributed by atoms with Gasteiger partial charge >= 0.3 is 0 Å². The van der Waals surface area contributed by atoms with Crippen molar-refractivity contribution in [1.29, 1.82) is 0 Å². The van der Waals surface area contributed by atoms with E-state index in [2.05, 4.69) is 16.4 Å². The second kappa shape index (κ2) is 5.68. The lowest BCUT2D eigenvalue weighted by Crippen LogP contribution is -2.15. The minimum Gasteiger partial charge on any atom is -0.389 e. The van der Waals surface area contributed by atoms with Crippen LogP contribution in [0, 0.1) is 0 Å². The van der Waals surface area contributed by atoms with Crippen LogP contribution in [0.3, 0.4) is 0 Å². The van der Waals surface area contributed by atoms with Crippen molar-refractivity contribution in [2.45, 2.75) is 25.8 Å². The van der Waals surface area contributed by atoms with E-state index in [-0.39, 0.29) is 0 Å². The van der Waals surface area contributed by atoms with E-state index >= 15 is 0 Å². The molecule has 0 amide bonds. The Morgan fingerprint density at radius 2 is 2.30 bits per heavy atom. The fourth-order valence-corrected chi connectivity index (χ4v) is 3.60. The van der Waals surface area contributed by atoms with Gasteiger partial charge in [-0.3, -0.25) is 0 Å². The first-order chi connectivity index (χ1) is 9.63. The first kappa shape index (κ1) is 13.8. The molecule has 0 fully saturated rings. The number of nitrogens with zero attached hydrogens (tertiary/aromatic N) is 1. The summed E-state index contributed by atoms with van der Waals surface area (Å²) in [7, 11) is 0. The number of hydrogen-bond acceptors (Lipinski definition) is 4. The fourth-order valence-electron chi connectivity index (χ4n) is 2.41. The third-order valence-electron chi connectivity index (χ3n) is 3.38. The van der Waals surface area contributed by atoms with E-state index in [1.807, 2.05) is 12.1 Å². The first-order valence-electron chi connectivity index (χ1n) is 6.44. The molecule has 0 aromatic carbocycles. The average molecular weight is 324 g/mol. The molecule has 0 atom stereocenters. The van der Waals surface area contributed by atoms with Crippen LogP contribution < -0.4 is 11.1 Å². The molecule has 0 saturated heterocycles. The molecule has 104 valence electrons. The number of halogens is 1. The summed E-state index contributed by atoms with van der Waals surface area (Å²) >= 11 is 12.6. The molecule has 0 saturated carbocycles. The molecule has 0 bridgehead atoms. The first-order valence-corrected chi connectivity index (χ1v) is 8.04. The largest absolute Gasteiger partial charge is 0.389 e. The molecule has 1 aliphatic rings. The van der Waals surface area contributed by atoms with Gasteiger partial charge in [-0.05, 0) is 43.0 Å². The Morgan fingerprint density at radius 1 is 1.45 bits per heavy atom. The molecule has 6 heteroatoms. The Kier molecular flexibility index (Phi) is 3.92. The maximum absolute atomic E-state index is 5.93. The Bertz CT molecular complexity index is 666. The molecule has 3 rings (SSSR count). The van der Waals surface area contributed by atoms with Crippen LogP contribution in [0.2, 0.25) is 4.34 Å². The zero-order valence-electron chi connectivity index (χ0n) is 10.8. The molecule has 20 heavy (non-hydrogen) atoms. The van der Waals surface area contributed by atoms with Gasteiger partial charge in [-0.2, -0.15) is 0 Å². The number of anilines is 1. The number of nitrogens with two attached hydrogens (primary N) is 1. The lowest BCUT2D eigenvalue weighted by molar-refractivity contribution is 0.899. The van der Waals surface area contributed by atoms with Gasteiger partial charge in [-0.25, -0.2) is 4.98 Å². The predicted molar refractivity (Wildman–Crippen MR) is 88.8 cm³/mol. The molecule has 0 spiro atoms. The SMILES string of the molecule is NC(=S)c1cc2c(nc1NCc1ccc(Cl)s1)CCC2. The number of thiophene rings is 1. The van der Waals surface area contributed by atoms with Crippen molar-refractivity contribution < 1.29 is 0 Å². The van der Waals surface area contributed by atoms with Crippen molar-refractivity contribution in [1.82, 2.24) is 4.98 Å². The van der Waals surface area contributed by atoms with E-state index in [9.17, 15) is 0 Å². The highest BCUT2D eigenvalue weighted by atomic mass is 35.5. The molecule has 0 radical (unpaired) electrons. The van der Waals surface area contributed by atoms with Gasteiger partial charge in [0.2, 0.25) is 0 Å². The van der Waals surface area contributed by atoms with Crippen molar-refractivity contribution >= 4 is 46.0 Å². The van der Waals surface area contributed by atoms with E-state index < -0.39 is 0 Å². The van der Waals surface area contributed by atoms with Crippen LogP contribution >= 0.6 is 35.2 Å². The summed E-state index contributed by atoms with van der Waals surface area (Å²) in [6.45, 7) is 0.679. The lowest BCUT2D eigenvalue weighted by atomic mass is 10.1. The normalized spacial score (nSPS) is 13.2. The molecule has 2 aromatic heterocycles. The van der Waals surface area contributed by atoms with Crippen molar-refractivity contribution in [3.8, 4) is 0 Å². The standard InChI is InChI=1S/C14H14ClN3S2/c15-12-5-4-9(20-12)7-17-14-10(13(16)19)6-8-2-1-3-11(8)18-14/h4-6H,1-3,7H2,(H2,16,19)(H,17,18). The Labute approximate surface area is 132 Å². The Balaban J connectivity index is 1.86. The van der Waals surface area contributed by atoms with E-state index in [0.29, 0.717) is 11.5 Å². The van der Waals surface area contributed by atoms with Gasteiger partial charge < -0.3 is 11.1 Å². The maximum atomic E-state index is 5.93. The monoisotopic (exact) mass is 323 g/mol. The van der Waals surface area contributed by atoms with Crippen LogP contribution in [-0.4, -0.2) is 9.97 Å². The highest BCUT2D eigenvalue weighted by Crippen LogP contribution is 2.27. The summed E-state index contributed by atoms with van der Waals surface area (Å²) < 4.78 is 0.790. The van der Waals surface area contributed by atoms with Crippen molar-refractivity contribution in [3.63, 3.8) is 0 Å². The van der Waals surface area contributed by atoms with Crippen molar-refractivity contribution in [2.75, 3.05) is 5.32 Å². The Morgan fingerprint density at radius 3 is 3.00 bits per heavy atom. The molecule has 2 heterocycles. The van der Waals surface area contributed by atoms with Gasteiger partial charge in [-0.1, -0.05) is 23.8 Å². The minimum atomic E-state index is 0.388. The number of rotatable bonds is 4. The third-order valence-corrected chi connectivity index (χ3v) is 4.83.